The standard InChI is InChI=1S/C78H110O6P2/c1-48-40-56(68(5,6)7)64(57(41-48)69(8,9)10)77(65-58(70(11,12)13)42-49(2)43-59(65)71(14,15)16)39-29-38-76(52-30-34-54(35-31-52)83-85(79)80,53-32-36-55(37-33-53)84-86(81)82)78(77,66-60(72(17,18)19)44-50(3)45-61(66)73(20,21)22)67-62(74(23,24)25)46-51(4)47-63(67)75(26,27)28/h30-37,40-47,79-82H,29,38-39H2,1-28H3. The Labute approximate surface area is 524 Å². The Morgan fingerprint density at radius 3 is 0.698 bits per heavy atom. The van der Waals surface area contributed by atoms with Crippen LogP contribution in [-0.2, 0) is 59.6 Å². The van der Waals surface area contributed by atoms with Crippen LogP contribution in [0.1, 0.15) is 286 Å². The molecule has 6 aromatic rings. The molecule has 0 heterocycles. The van der Waals surface area contributed by atoms with E-state index in [0.29, 0.717) is 17.9 Å². The minimum Gasteiger partial charge on any atom is -0.427 e. The highest BCUT2D eigenvalue weighted by molar-refractivity contribution is 7.40. The van der Waals surface area contributed by atoms with Crippen molar-refractivity contribution in [1.82, 2.24) is 0 Å². The van der Waals surface area contributed by atoms with Crippen molar-refractivity contribution in [3.63, 3.8) is 0 Å². The van der Waals surface area contributed by atoms with Gasteiger partial charge >= 0.3 is 17.2 Å². The molecule has 1 aliphatic carbocycles. The molecule has 0 bridgehead atoms. The normalized spacial score (nSPS) is 16.3. The molecule has 0 amide bonds. The maximum Gasteiger partial charge on any atom is 0.391 e. The summed E-state index contributed by atoms with van der Waals surface area (Å²) in [6.45, 7) is 67.8. The van der Waals surface area contributed by atoms with Crippen LogP contribution >= 0.6 is 17.2 Å². The summed E-state index contributed by atoms with van der Waals surface area (Å²) >= 11 is 0. The van der Waals surface area contributed by atoms with Crippen molar-refractivity contribution in [3.8, 4) is 11.5 Å². The summed E-state index contributed by atoms with van der Waals surface area (Å²) in [4.78, 5) is 42.3. The van der Waals surface area contributed by atoms with Gasteiger partial charge in [0.1, 0.15) is 11.5 Å². The molecule has 6 aromatic carbocycles. The second-order valence-electron chi connectivity index (χ2n) is 34.1. The van der Waals surface area contributed by atoms with Gasteiger partial charge < -0.3 is 28.6 Å². The fourth-order valence-electron chi connectivity index (χ4n) is 15.4. The van der Waals surface area contributed by atoms with E-state index in [1.54, 1.807) is 0 Å². The van der Waals surface area contributed by atoms with Crippen LogP contribution in [0, 0.1) is 27.7 Å². The zero-order chi connectivity index (χ0) is 65.1. The Morgan fingerprint density at radius 2 is 0.500 bits per heavy atom. The van der Waals surface area contributed by atoms with E-state index >= 15 is 0 Å². The predicted octanol–water partition coefficient (Wildman–Crippen LogP) is 20.9. The van der Waals surface area contributed by atoms with E-state index in [2.05, 4.69) is 267 Å². The van der Waals surface area contributed by atoms with Gasteiger partial charge in [-0.2, -0.15) is 0 Å². The Kier molecular flexibility index (Phi) is 18.6. The van der Waals surface area contributed by atoms with Crippen LogP contribution in [0.5, 0.6) is 11.5 Å². The molecule has 0 atom stereocenters. The van der Waals surface area contributed by atoms with Crippen molar-refractivity contribution >= 4 is 17.2 Å². The Bertz CT molecular complexity index is 3090. The van der Waals surface area contributed by atoms with Gasteiger partial charge in [-0.05, 0) is 186 Å². The average molecular weight is 1210 g/mol. The number of aryl methyl sites for hydroxylation is 4. The van der Waals surface area contributed by atoms with Gasteiger partial charge in [0, 0.05) is 16.2 Å². The molecule has 0 radical (unpaired) electrons. The lowest BCUT2D eigenvalue weighted by molar-refractivity contribution is 0.110. The van der Waals surface area contributed by atoms with Crippen LogP contribution in [0.3, 0.4) is 0 Å². The molecule has 6 nitrogen and oxygen atoms in total. The maximum atomic E-state index is 10.6. The molecule has 1 saturated carbocycles. The van der Waals surface area contributed by atoms with Crippen LogP contribution in [0.15, 0.2) is 97.1 Å². The van der Waals surface area contributed by atoms with E-state index in [1.807, 2.05) is 24.3 Å². The molecular formula is C78H110O6P2. The molecule has 86 heavy (non-hydrogen) atoms. The van der Waals surface area contributed by atoms with Gasteiger partial charge in [0.05, 0.1) is 0 Å². The lowest BCUT2D eigenvalue weighted by atomic mass is 9.32. The number of benzene rings is 6. The highest BCUT2D eigenvalue weighted by Crippen LogP contribution is 2.76. The number of rotatable bonds is 10. The molecule has 4 N–H and O–H groups in total. The highest BCUT2D eigenvalue weighted by atomic mass is 31.2. The SMILES string of the molecule is Cc1cc(C(C)(C)C)c(C2(c3c(C(C)(C)C)cc(C)cc3C(C)(C)C)CCCC(c3ccc(OP(O)O)cc3)(c3ccc(OP(O)O)cc3)C2(c2c(C(C)(C)C)cc(C)cc2C(C)(C)C)c2c(C(C)(C)C)cc(C)cc2C(C)(C)C)c(C(C)(C)C)c1. The van der Waals surface area contributed by atoms with Crippen molar-refractivity contribution < 1.29 is 28.6 Å². The van der Waals surface area contributed by atoms with Gasteiger partial charge in [-0.25, -0.2) is 0 Å². The van der Waals surface area contributed by atoms with Crippen LogP contribution in [0.4, 0.5) is 0 Å². The molecule has 1 aliphatic rings. The molecule has 0 unspecified atom stereocenters. The van der Waals surface area contributed by atoms with Crippen molar-refractivity contribution in [2.45, 2.75) is 273 Å². The zero-order valence-corrected chi connectivity index (χ0v) is 60.1. The summed E-state index contributed by atoms with van der Waals surface area (Å²) < 4.78 is 11.8. The van der Waals surface area contributed by atoms with E-state index in [9.17, 15) is 19.6 Å². The Hall–Kier alpha value is -4.38. The van der Waals surface area contributed by atoms with Gasteiger partial charge in [-0.15, -0.1) is 0 Å². The molecule has 0 aromatic heterocycles. The first-order chi connectivity index (χ1) is 39.0. The van der Waals surface area contributed by atoms with Crippen LogP contribution in [0.2, 0.25) is 0 Å². The smallest absolute Gasteiger partial charge is 0.391 e. The molecule has 8 heteroatoms. The van der Waals surface area contributed by atoms with Gasteiger partial charge in [-0.3, -0.25) is 0 Å². The predicted molar refractivity (Wildman–Crippen MR) is 367 cm³/mol. The van der Waals surface area contributed by atoms with E-state index in [0.717, 1.165) is 24.0 Å². The summed E-state index contributed by atoms with van der Waals surface area (Å²) in [5, 5.41) is 0. The first-order valence-electron chi connectivity index (χ1n) is 31.5. The third-order valence-corrected chi connectivity index (χ3v) is 19.4. The fraction of sp³-hybridized carbons (Fsp3) is 0.538. The van der Waals surface area contributed by atoms with Crippen molar-refractivity contribution in [2.24, 2.45) is 0 Å². The first kappa shape index (κ1) is 69.1. The van der Waals surface area contributed by atoms with Crippen molar-refractivity contribution in [1.29, 1.82) is 0 Å². The van der Waals surface area contributed by atoms with E-state index < -0.39 is 76.8 Å². The van der Waals surface area contributed by atoms with E-state index in [-0.39, 0.29) is 0 Å². The third-order valence-electron chi connectivity index (χ3n) is 18.7. The van der Waals surface area contributed by atoms with E-state index in [4.69, 9.17) is 9.05 Å². The van der Waals surface area contributed by atoms with Crippen molar-refractivity contribution in [3.05, 3.63) is 197 Å². The topological polar surface area (TPSA) is 99.4 Å². The largest absolute Gasteiger partial charge is 0.427 e. The Balaban J connectivity index is 2.27. The fourth-order valence-corrected chi connectivity index (χ4v) is 16.0. The molecule has 0 saturated heterocycles. The number of hydrogen-bond acceptors (Lipinski definition) is 6. The van der Waals surface area contributed by atoms with Gasteiger partial charge in [0.2, 0.25) is 0 Å². The Morgan fingerprint density at radius 1 is 0.302 bits per heavy atom. The minimum absolute atomic E-state index is 0.366. The second-order valence-corrected chi connectivity index (χ2v) is 35.5. The molecule has 0 aliphatic heterocycles. The quantitative estimate of drug-likeness (QED) is 0.102. The minimum atomic E-state index is -2.73. The molecule has 1 fully saturated rings. The highest BCUT2D eigenvalue weighted by Gasteiger charge is 2.73. The second kappa shape index (κ2) is 23.1. The lowest BCUT2D eigenvalue weighted by Gasteiger charge is -2.69. The average Bonchev–Trinajstić information content (AvgIpc) is 0.639. The molecular weight excluding hydrogens is 1090 g/mol. The molecule has 0 spiro atoms. The molecule has 7 rings (SSSR count). The summed E-state index contributed by atoms with van der Waals surface area (Å²) in [6.07, 6.45) is 2.24. The maximum absolute atomic E-state index is 10.6. The summed E-state index contributed by atoms with van der Waals surface area (Å²) in [5.74, 6) is 0.732. The summed E-state index contributed by atoms with van der Waals surface area (Å²) in [7, 11) is -5.46. The van der Waals surface area contributed by atoms with Crippen molar-refractivity contribution in [2.75, 3.05) is 0 Å². The molecule has 468 valence electrons. The lowest BCUT2D eigenvalue weighted by Crippen LogP contribution is -2.69. The number of hydrogen-bond donors (Lipinski definition) is 4. The van der Waals surface area contributed by atoms with Crippen LogP contribution in [0.25, 0.3) is 0 Å². The van der Waals surface area contributed by atoms with Crippen LogP contribution in [-0.4, -0.2) is 19.6 Å². The van der Waals surface area contributed by atoms with E-state index in [1.165, 1.54) is 89.0 Å². The van der Waals surface area contributed by atoms with Crippen LogP contribution < -0.4 is 9.05 Å². The summed E-state index contributed by atoms with van der Waals surface area (Å²) in [5.41, 5.74) is 16.2. The first-order valence-corrected chi connectivity index (χ1v) is 33.9. The zero-order valence-electron chi connectivity index (χ0n) is 58.4. The van der Waals surface area contributed by atoms with Gasteiger partial charge in [-0.1, -0.05) is 268 Å². The third kappa shape index (κ3) is 12.6. The van der Waals surface area contributed by atoms with Gasteiger partial charge in [0.15, 0.2) is 0 Å². The van der Waals surface area contributed by atoms with Gasteiger partial charge in [0.25, 0.3) is 0 Å². The monoisotopic (exact) mass is 1200 g/mol. The summed E-state index contributed by atoms with van der Waals surface area (Å²) in [6, 6.07) is 37.2.